The number of nitrogens with zero attached hydrogens (tertiary/aromatic N) is 3. The number of hydrogen-bond acceptors (Lipinski definition) is 5. The molecule has 2 N–H and O–H groups in total. The molecule has 1 saturated carbocycles. The lowest BCUT2D eigenvalue weighted by Crippen LogP contribution is -2.51. The predicted molar refractivity (Wildman–Crippen MR) is 147 cm³/mol. The fourth-order valence-corrected chi connectivity index (χ4v) is 6.22. The zero-order valence-corrected chi connectivity index (χ0v) is 23.4. The number of aryl methyl sites for hydroxylation is 1. The molecule has 2 fully saturated rings. The topological polar surface area (TPSA) is 86.9 Å². The van der Waals surface area contributed by atoms with Crippen molar-refractivity contribution in [1.29, 1.82) is 0 Å². The summed E-state index contributed by atoms with van der Waals surface area (Å²) in [4.78, 5) is 16.8. The average molecular weight is 585 g/mol. The Kier molecular flexibility index (Phi) is 9.60. The van der Waals surface area contributed by atoms with Crippen molar-refractivity contribution in [2.24, 2.45) is 5.73 Å². The monoisotopic (exact) mass is 584 g/mol. The van der Waals surface area contributed by atoms with Gasteiger partial charge in [-0.2, -0.15) is 13.2 Å². The van der Waals surface area contributed by atoms with Crippen LogP contribution in [-0.4, -0.2) is 58.5 Å². The summed E-state index contributed by atoms with van der Waals surface area (Å²) in [5, 5.41) is 0. The number of hydrogen-bond donors (Lipinski definition) is 2. The van der Waals surface area contributed by atoms with Crippen LogP contribution in [0.1, 0.15) is 61.1 Å². The Morgan fingerprint density at radius 1 is 1.05 bits per heavy atom. The Morgan fingerprint density at radius 2 is 1.73 bits per heavy atom. The van der Waals surface area contributed by atoms with Gasteiger partial charge in [0.2, 0.25) is 16.8 Å². The van der Waals surface area contributed by atoms with Gasteiger partial charge in [-0.05, 0) is 61.1 Å². The molecule has 1 amide bonds. The van der Waals surface area contributed by atoms with E-state index in [0.29, 0.717) is 30.4 Å². The first kappa shape index (κ1) is 30.1. The average Bonchev–Trinajstić information content (AvgIpc) is 2.93. The molecule has 1 aliphatic carbocycles. The fraction of sp³-hybridized carbons (Fsp3) is 0.536. The molecule has 0 spiro atoms. The molecular weight excluding hydrogens is 548 g/mol. The van der Waals surface area contributed by atoms with Crippen molar-refractivity contribution in [3.8, 4) is 0 Å². The van der Waals surface area contributed by atoms with Gasteiger partial charge in [-0.15, -0.1) is 0 Å². The molecule has 1 aliphatic heterocycles. The molecular formula is C28H36F4N4O3S. The second kappa shape index (κ2) is 12.8. The quantitative estimate of drug-likeness (QED) is 0.336. The number of primary amides is 1. The molecule has 1 heterocycles. The van der Waals surface area contributed by atoms with E-state index in [1.165, 1.54) is 50.6 Å². The standard InChI is InChI=1S/C28H36F4N4O3S/c1-34(40(38)39)25-12-9-20(17-24(25)29)23(27(33)37)11-8-19-7-10-21(28(30,31)32)18-26(19)36-15-13-35(14-16-36)22-5-3-2-4-6-22/h7,9-10,12,17-18,22-23,40H,2-6,8,11,13-16H2,1H3,(H2,33,37). The van der Waals surface area contributed by atoms with E-state index >= 15 is 0 Å². The van der Waals surface area contributed by atoms with Crippen LogP contribution >= 0.6 is 0 Å². The molecule has 2 aliphatic rings. The van der Waals surface area contributed by atoms with Gasteiger partial charge in [0.1, 0.15) is 5.82 Å². The van der Waals surface area contributed by atoms with Crippen LogP contribution in [0.2, 0.25) is 0 Å². The summed E-state index contributed by atoms with van der Waals surface area (Å²) in [5.41, 5.74) is 6.17. The highest BCUT2D eigenvalue weighted by Gasteiger charge is 2.33. The molecule has 1 saturated heterocycles. The van der Waals surface area contributed by atoms with E-state index in [-0.39, 0.29) is 24.1 Å². The number of halogens is 4. The maximum atomic E-state index is 14.7. The molecule has 0 radical (unpaired) electrons. The second-order valence-corrected chi connectivity index (χ2v) is 11.7. The molecule has 12 heteroatoms. The van der Waals surface area contributed by atoms with Gasteiger partial charge in [0.05, 0.1) is 17.2 Å². The SMILES string of the molecule is CN(c1ccc(C(CCc2ccc(C(F)(F)F)cc2N2CCN(C3CCCCC3)CC2)C(N)=O)cc1F)[SH](=O)=O. The molecule has 4 rings (SSSR count). The predicted octanol–water partition coefficient (Wildman–Crippen LogP) is 4.46. The van der Waals surface area contributed by atoms with Crippen molar-refractivity contribution in [1.82, 2.24) is 4.90 Å². The lowest BCUT2D eigenvalue weighted by atomic mass is 9.90. The Morgan fingerprint density at radius 3 is 2.30 bits per heavy atom. The van der Waals surface area contributed by atoms with Gasteiger partial charge in [-0.3, -0.25) is 14.0 Å². The minimum atomic E-state index is -4.49. The number of amides is 1. The third kappa shape index (κ3) is 7.06. The molecule has 1 atom stereocenters. The van der Waals surface area contributed by atoms with Gasteiger partial charge < -0.3 is 10.6 Å². The Hall–Kier alpha value is -2.86. The van der Waals surface area contributed by atoms with Crippen molar-refractivity contribution in [3.63, 3.8) is 0 Å². The summed E-state index contributed by atoms with van der Waals surface area (Å²) in [5.74, 6) is -2.44. The van der Waals surface area contributed by atoms with Crippen LogP contribution < -0.4 is 14.9 Å². The lowest BCUT2D eigenvalue weighted by Gasteiger charge is -2.42. The van der Waals surface area contributed by atoms with Crippen LogP contribution in [0.15, 0.2) is 36.4 Å². The van der Waals surface area contributed by atoms with E-state index in [1.54, 1.807) is 0 Å². The first-order chi connectivity index (χ1) is 19.0. The Bertz CT molecular complexity index is 1260. The summed E-state index contributed by atoms with van der Waals surface area (Å²) in [6.07, 6.45) is 1.92. The first-order valence-electron chi connectivity index (χ1n) is 13.6. The Balaban J connectivity index is 1.54. The van der Waals surface area contributed by atoms with Crippen molar-refractivity contribution in [2.45, 2.75) is 63.1 Å². The Labute approximate surface area is 234 Å². The van der Waals surface area contributed by atoms with Crippen molar-refractivity contribution < 1.29 is 30.8 Å². The smallest absolute Gasteiger partial charge is 0.369 e. The lowest BCUT2D eigenvalue weighted by molar-refractivity contribution is -0.137. The van der Waals surface area contributed by atoms with Gasteiger partial charge in [0.25, 0.3) is 0 Å². The van der Waals surface area contributed by atoms with Crippen LogP contribution in [0.4, 0.5) is 28.9 Å². The first-order valence-corrected chi connectivity index (χ1v) is 14.7. The van der Waals surface area contributed by atoms with Crippen LogP contribution in [0.5, 0.6) is 0 Å². The van der Waals surface area contributed by atoms with Gasteiger partial charge in [-0.1, -0.05) is 31.4 Å². The number of piperazine rings is 1. The van der Waals surface area contributed by atoms with Gasteiger partial charge >= 0.3 is 6.18 Å². The third-order valence-corrected chi connectivity index (χ3v) is 8.88. The maximum Gasteiger partial charge on any atom is 0.416 e. The van der Waals surface area contributed by atoms with E-state index in [9.17, 15) is 30.8 Å². The van der Waals surface area contributed by atoms with Crippen LogP contribution in [-0.2, 0) is 28.3 Å². The zero-order valence-electron chi connectivity index (χ0n) is 22.5. The minimum Gasteiger partial charge on any atom is -0.369 e. The number of alkyl halides is 3. The number of thiol groups is 1. The minimum absolute atomic E-state index is 0.153. The van der Waals surface area contributed by atoms with E-state index in [2.05, 4.69) is 4.90 Å². The number of carbonyl (C=O) groups is 1. The van der Waals surface area contributed by atoms with Crippen molar-refractivity contribution in [3.05, 3.63) is 58.9 Å². The van der Waals surface area contributed by atoms with Gasteiger partial charge in [0.15, 0.2) is 0 Å². The van der Waals surface area contributed by atoms with Crippen LogP contribution in [0.3, 0.4) is 0 Å². The summed E-state index contributed by atoms with van der Waals surface area (Å²) in [7, 11) is -1.84. The van der Waals surface area contributed by atoms with E-state index < -0.39 is 40.3 Å². The zero-order chi connectivity index (χ0) is 29.0. The van der Waals surface area contributed by atoms with Crippen LogP contribution in [0, 0.1) is 5.82 Å². The molecule has 7 nitrogen and oxygen atoms in total. The highest BCUT2D eigenvalue weighted by molar-refractivity contribution is 7.74. The van der Waals surface area contributed by atoms with Gasteiger partial charge in [0, 0.05) is 45.0 Å². The summed E-state index contributed by atoms with van der Waals surface area (Å²) < 4.78 is 78.8. The maximum absolute atomic E-state index is 14.7. The highest BCUT2D eigenvalue weighted by atomic mass is 32.2. The summed E-state index contributed by atoms with van der Waals surface area (Å²) >= 11 is 0. The molecule has 1 unspecified atom stereocenters. The van der Waals surface area contributed by atoms with E-state index in [0.717, 1.165) is 42.4 Å². The number of nitrogens with two attached hydrogens (primary N) is 1. The van der Waals surface area contributed by atoms with Crippen LogP contribution in [0.25, 0.3) is 0 Å². The number of carbonyl (C=O) groups excluding carboxylic acids is 1. The highest BCUT2D eigenvalue weighted by Crippen LogP contribution is 2.36. The van der Waals surface area contributed by atoms with Gasteiger partial charge in [-0.25, -0.2) is 12.8 Å². The van der Waals surface area contributed by atoms with Crippen molar-refractivity contribution in [2.75, 3.05) is 42.4 Å². The second-order valence-electron chi connectivity index (χ2n) is 10.6. The van der Waals surface area contributed by atoms with E-state index in [4.69, 9.17) is 5.73 Å². The molecule has 2 aromatic carbocycles. The third-order valence-electron chi connectivity index (χ3n) is 8.17. The molecule has 2 aromatic rings. The number of benzene rings is 2. The molecule has 0 aromatic heterocycles. The normalized spacial score (nSPS) is 18.2. The van der Waals surface area contributed by atoms with Crippen molar-refractivity contribution >= 4 is 28.2 Å². The number of rotatable bonds is 9. The molecule has 0 bridgehead atoms. The summed E-state index contributed by atoms with van der Waals surface area (Å²) in [6, 6.07) is 8.01. The number of anilines is 2. The largest absolute Gasteiger partial charge is 0.416 e. The fourth-order valence-electron chi connectivity index (χ4n) is 5.88. The molecule has 40 heavy (non-hydrogen) atoms. The summed E-state index contributed by atoms with van der Waals surface area (Å²) in [6.45, 7) is 2.76. The van der Waals surface area contributed by atoms with E-state index in [1.807, 2.05) is 4.90 Å². The molecule has 220 valence electrons.